The molecule has 2 aromatic rings. The molecule has 92 valence electrons. The van der Waals surface area contributed by atoms with Crippen LogP contribution in [0.2, 0.25) is 0 Å². The lowest BCUT2D eigenvalue weighted by Crippen LogP contribution is -2.13. The SMILES string of the molecule is C#CCC(C)Nc1nc2ccc([N+](=O)[O-])cc2o1. The molecule has 0 fully saturated rings. The van der Waals surface area contributed by atoms with Gasteiger partial charge in [0.05, 0.1) is 11.0 Å². The molecule has 0 radical (unpaired) electrons. The van der Waals surface area contributed by atoms with Crippen LogP contribution in [0.15, 0.2) is 22.6 Å². The molecule has 6 nitrogen and oxygen atoms in total. The number of nitrogens with one attached hydrogen (secondary N) is 1. The fourth-order valence-electron chi connectivity index (χ4n) is 1.53. The van der Waals surface area contributed by atoms with Crippen molar-refractivity contribution in [3.05, 3.63) is 28.3 Å². The number of benzene rings is 1. The van der Waals surface area contributed by atoms with Gasteiger partial charge in [0.1, 0.15) is 5.52 Å². The van der Waals surface area contributed by atoms with Crippen molar-refractivity contribution in [2.24, 2.45) is 0 Å². The predicted molar refractivity (Wildman–Crippen MR) is 67.2 cm³/mol. The molecule has 18 heavy (non-hydrogen) atoms. The molecule has 0 aliphatic rings. The standard InChI is InChI=1S/C12H11N3O3/c1-3-4-8(2)13-12-14-10-6-5-9(15(16)17)7-11(10)18-12/h1,5-8H,4H2,2H3,(H,13,14). The van der Waals surface area contributed by atoms with E-state index in [0.717, 1.165) is 0 Å². The third kappa shape index (κ3) is 2.40. The van der Waals surface area contributed by atoms with Gasteiger partial charge in [-0.25, -0.2) is 0 Å². The lowest BCUT2D eigenvalue weighted by molar-refractivity contribution is -0.384. The van der Waals surface area contributed by atoms with E-state index in [2.05, 4.69) is 16.2 Å². The Morgan fingerprint density at radius 3 is 3.11 bits per heavy atom. The highest BCUT2D eigenvalue weighted by molar-refractivity contribution is 5.77. The maximum absolute atomic E-state index is 10.6. The Kier molecular flexibility index (Phi) is 3.15. The minimum atomic E-state index is -0.476. The Morgan fingerprint density at radius 1 is 1.67 bits per heavy atom. The maximum Gasteiger partial charge on any atom is 0.295 e. The second kappa shape index (κ2) is 4.75. The third-order valence-corrected chi connectivity index (χ3v) is 2.38. The number of terminal acetylenes is 1. The summed E-state index contributed by atoms with van der Waals surface area (Å²) in [6.45, 7) is 1.90. The topological polar surface area (TPSA) is 81.2 Å². The molecule has 0 saturated heterocycles. The molecule has 0 amide bonds. The number of nitro groups is 1. The summed E-state index contributed by atoms with van der Waals surface area (Å²) in [5.41, 5.74) is 0.914. The molecule has 1 heterocycles. The number of fused-ring (bicyclic) bond motifs is 1. The molecule has 1 aromatic heterocycles. The number of oxazole rings is 1. The van der Waals surface area contributed by atoms with Gasteiger partial charge in [-0.2, -0.15) is 4.98 Å². The second-order valence-electron chi connectivity index (χ2n) is 3.88. The predicted octanol–water partition coefficient (Wildman–Crippen LogP) is 2.56. The van der Waals surface area contributed by atoms with Crippen molar-refractivity contribution in [3.8, 4) is 12.3 Å². The van der Waals surface area contributed by atoms with Crippen molar-refractivity contribution in [2.75, 3.05) is 5.32 Å². The van der Waals surface area contributed by atoms with Gasteiger partial charge in [0.25, 0.3) is 11.7 Å². The highest BCUT2D eigenvalue weighted by Crippen LogP contribution is 2.24. The van der Waals surface area contributed by atoms with E-state index < -0.39 is 4.92 Å². The molecule has 1 atom stereocenters. The Bertz CT molecular complexity index is 627. The van der Waals surface area contributed by atoms with E-state index in [1.807, 2.05) is 6.92 Å². The number of aromatic nitrogens is 1. The van der Waals surface area contributed by atoms with Crippen LogP contribution in [-0.2, 0) is 0 Å². The summed E-state index contributed by atoms with van der Waals surface area (Å²) in [7, 11) is 0. The molecule has 1 unspecified atom stereocenters. The number of nitrogens with zero attached hydrogens (tertiary/aromatic N) is 2. The van der Waals surface area contributed by atoms with E-state index in [-0.39, 0.29) is 11.7 Å². The van der Waals surface area contributed by atoms with E-state index in [1.165, 1.54) is 12.1 Å². The molecule has 2 rings (SSSR count). The third-order valence-electron chi connectivity index (χ3n) is 2.38. The van der Waals surface area contributed by atoms with Gasteiger partial charge >= 0.3 is 0 Å². The van der Waals surface area contributed by atoms with Gasteiger partial charge in [0.2, 0.25) is 0 Å². The highest BCUT2D eigenvalue weighted by atomic mass is 16.6. The minimum absolute atomic E-state index is 0.0260. The number of non-ortho nitro benzene ring substituents is 1. The van der Waals surface area contributed by atoms with Gasteiger partial charge in [-0.1, -0.05) is 0 Å². The average molecular weight is 245 g/mol. The summed E-state index contributed by atoms with van der Waals surface area (Å²) in [4.78, 5) is 14.3. The first-order valence-corrected chi connectivity index (χ1v) is 5.35. The van der Waals surface area contributed by atoms with E-state index in [9.17, 15) is 10.1 Å². The minimum Gasteiger partial charge on any atom is -0.423 e. The van der Waals surface area contributed by atoms with Crippen LogP contribution in [0, 0.1) is 22.5 Å². The van der Waals surface area contributed by atoms with Crippen molar-refractivity contribution in [3.63, 3.8) is 0 Å². The molecule has 0 spiro atoms. The second-order valence-corrected chi connectivity index (χ2v) is 3.88. The first-order valence-electron chi connectivity index (χ1n) is 5.35. The Balaban J connectivity index is 2.27. The van der Waals surface area contributed by atoms with Gasteiger partial charge in [-0.3, -0.25) is 10.1 Å². The Labute approximate surface area is 103 Å². The molecule has 0 aliphatic carbocycles. The maximum atomic E-state index is 10.6. The van der Waals surface area contributed by atoms with Crippen LogP contribution >= 0.6 is 0 Å². The summed E-state index contributed by atoms with van der Waals surface area (Å²) in [6, 6.07) is 4.62. The monoisotopic (exact) mass is 245 g/mol. The summed E-state index contributed by atoms with van der Waals surface area (Å²) in [5.74, 6) is 2.52. The van der Waals surface area contributed by atoms with Crippen molar-refractivity contribution in [1.29, 1.82) is 0 Å². The molecule has 6 heteroatoms. The molecular weight excluding hydrogens is 234 g/mol. The number of nitro benzene ring substituents is 1. The summed E-state index contributed by atoms with van der Waals surface area (Å²) in [5, 5.41) is 13.6. The van der Waals surface area contributed by atoms with Crippen molar-refractivity contribution in [2.45, 2.75) is 19.4 Å². The van der Waals surface area contributed by atoms with Crippen molar-refractivity contribution in [1.82, 2.24) is 4.98 Å². The zero-order valence-electron chi connectivity index (χ0n) is 9.71. The van der Waals surface area contributed by atoms with E-state index >= 15 is 0 Å². The highest BCUT2D eigenvalue weighted by Gasteiger charge is 2.12. The largest absolute Gasteiger partial charge is 0.423 e. The van der Waals surface area contributed by atoms with E-state index in [4.69, 9.17) is 10.8 Å². The number of rotatable bonds is 4. The number of hydrogen-bond acceptors (Lipinski definition) is 5. The summed E-state index contributed by atoms with van der Waals surface area (Å²) < 4.78 is 5.38. The zero-order valence-corrected chi connectivity index (χ0v) is 9.71. The van der Waals surface area contributed by atoms with Crippen molar-refractivity contribution >= 4 is 22.8 Å². The fraction of sp³-hybridized carbons (Fsp3) is 0.250. The van der Waals surface area contributed by atoms with E-state index in [0.29, 0.717) is 23.5 Å². The molecular formula is C12H11N3O3. The van der Waals surface area contributed by atoms with Gasteiger partial charge in [0.15, 0.2) is 5.58 Å². The van der Waals surface area contributed by atoms with Crippen LogP contribution in [0.1, 0.15) is 13.3 Å². The number of hydrogen-bond donors (Lipinski definition) is 1. The average Bonchev–Trinajstić information content (AvgIpc) is 2.69. The van der Waals surface area contributed by atoms with Gasteiger partial charge < -0.3 is 9.73 Å². The Hall–Kier alpha value is -2.55. The van der Waals surface area contributed by atoms with Crippen LogP contribution in [0.25, 0.3) is 11.1 Å². The van der Waals surface area contributed by atoms with Crippen LogP contribution in [0.5, 0.6) is 0 Å². The van der Waals surface area contributed by atoms with E-state index in [1.54, 1.807) is 6.07 Å². The quantitative estimate of drug-likeness (QED) is 0.508. The smallest absolute Gasteiger partial charge is 0.295 e. The van der Waals surface area contributed by atoms with Crippen LogP contribution < -0.4 is 5.32 Å². The molecule has 0 saturated carbocycles. The first-order chi connectivity index (χ1) is 8.60. The van der Waals surface area contributed by atoms with Crippen molar-refractivity contribution < 1.29 is 9.34 Å². The van der Waals surface area contributed by atoms with Gasteiger partial charge in [0, 0.05) is 18.5 Å². The normalized spacial score (nSPS) is 12.0. The van der Waals surface area contributed by atoms with Crippen LogP contribution in [-0.4, -0.2) is 15.9 Å². The summed E-state index contributed by atoms with van der Waals surface area (Å²) in [6.07, 6.45) is 5.74. The zero-order chi connectivity index (χ0) is 13.1. The molecule has 0 bridgehead atoms. The molecule has 1 N–H and O–H groups in total. The van der Waals surface area contributed by atoms with Gasteiger partial charge in [-0.15, -0.1) is 12.3 Å². The number of anilines is 1. The van der Waals surface area contributed by atoms with Crippen LogP contribution in [0.3, 0.4) is 0 Å². The summed E-state index contributed by atoms with van der Waals surface area (Å²) >= 11 is 0. The van der Waals surface area contributed by atoms with Gasteiger partial charge in [-0.05, 0) is 13.0 Å². The molecule has 0 aliphatic heterocycles. The first kappa shape index (κ1) is 11.9. The Morgan fingerprint density at radius 2 is 2.44 bits per heavy atom. The van der Waals surface area contributed by atoms with Crippen LogP contribution in [0.4, 0.5) is 11.7 Å². The lowest BCUT2D eigenvalue weighted by atomic mass is 10.2. The molecule has 1 aromatic carbocycles. The fourth-order valence-corrected chi connectivity index (χ4v) is 1.53. The lowest BCUT2D eigenvalue weighted by Gasteiger charge is -2.06.